The summed E-state index contributed by atoms with van der Waals surface area (Å²) in [6, 6.07) is 18.2. The van der Waals surface area contributed by atoms with Crippen LogP contribution in [0.1, 0.15) is 45.0 Å². The highest BCUT2D eigenvalue weighted by molar-refractivity contribution is 7.16. The van der Waals surface area contributed by atoms with Gasteiger partial charge in [0.2, 0.25) is 0 Å². The van der Waals surface area contributed by atoms with Gasteiger partial charge in [-0.3, -0.25) is 4.79 Å². The fourth-order valence-electron chi connectivity index (χ4n) is 4.04. The standard InChI is InChI=1S/C25H22N2O2S/c28-24(26-16-19-10-6-14-29-19)23-21-12-3-4-13-22(21)30-25(23)27-15-18-9-5-8-17-7-1-2-11-20(17)18/h1-2,5-11,14-15H,3-4,12-13,16H2,(H,26,28). The minimum atomic E-state index is -0.0733. The highest BCUT2D eigenvalue weighted by Gasteiger charge is 2.25. The van der Waals surface area contributed by atoms with Gasteiger partial charge in [0, 0.05) is 16.7 Å². The van der Waals surface area contributed by atoms with E-state index in [1.165, 1.54) is 22.2 Å². The number of aryl methyl sites for hydroxylation is 1. The lowest BCUT2D eigenvalue weighted by Gasteiger charge is -2.12. The monoisotopic (exact) mass is 414 g/mol. The second-order valence-electron chi connectivity index (χ2n) is 7.48. The molecule has 0 spiro atoms. The molecule has 0 radical (unpaired) electrons. The van der Waals surface area contributed by atoms with Gasteiger partial charge in [0.1, 0.15) is 10.8 Å². The molecule has 5 heteroatoms. The topological polar surface area (TPSA) is 54.6 Å². The molecule has 0 aliphatic heterocycles. The number of nitrogens with one attached hydrogen (secondary N) is 1. The molecule has 0 fully saturated rings. The number of hydrogen-bond donors (Lipinski definition) is 1. The van der Waals surface area contributed by atoms with Crippen molar-refractivity contribution < 1.29 is 9.21 Å². The summed E-state index contributed by atoms with van der Waals surface area (Å²) in [5.74, 6) is 0.670. The molecule has 0 saturated heterocycles. The number of thiophene rings is 1. The van der Waals surface area contributed by atoms with Gasteiger partial charge in [-0.15, -0.1) is 11.3 Å². The average molecular weight is 415 g/mol. The molecule has 150 valence electrons. The number of amides is 1. The molecule has 1 amide bonds. The number of carbonyl (C=O) groups is 1. The van der Waals surface area contributed by atoms with Crippen LogP contribution < -0.4 is 5.32 Å². The molecule has 4 aromatic rings. The van der Waals surface area contributed by atoms with Crippen molar-refractivity contribution >= 4 is 39.2 Å². The second kappa shape index (κ2) is 8.28. The van der Waals surface area contributed by atoms with Crippen molar-refractivity contribution in [3.8, 4) is 0 Å². The van der Waals surface area contributed by atoms with Crippen LogP contribution in [0.4, 0.5) is 5.00 Å². The van der Waals surface area contributed by atoms with Crippen molar-refractivity contribution in [2.75, 3.05) is 0 Å². The van der Waals surface area contributed by atoms with E-state index in [1.54, 1.807) is 17.6 Å². The Morgan fingerprint density at radius 3 is 2.83 bits per heavy atom. The third-order valence-electron chi connectivity index (χ3n) is 5.53. The zero-order valence-electron chi connectivity index (χ0n) is 16.6. The van der Waals surface area contributed by atoms with E-state index in [1.807, 2.05) is 36.5 Å². The third kappa shape index (κ3) is 3.68. The van der Waals surface area contributed by atoms with Crippen molar-refractivity contribution in [1.29, 1.82) is 0 Å². The van der Waals surface area contributed by atoms with Crippen LogP contribution in [0.2, 0.25) is 0 Å². The normalized spacial score (nSPS) is 13.6. The molecule has 1 aliphatic carbocycles. The first-order chi connectivity index (χ1) is 14.8. The van der Waals surface area contributed by atoms with Crippen molar-refractivity contribution in [3.05, 3.63) is 88.2 Å². The zero-order valence-corrected chi connectivity index (χ0v) is 17.4. The number of fused-ring (bicyclic) bond motifs is 2. The number of furan rings is 1. The summed E-state index contributed by atoms with van der Waals surface area (Å²) in [4.78, 5) is 19.2. The Hall–Kier alpha value is -3.18. The van der Waals surface area contributed by atoms with E-state index in [0.29, 0.717) is 6.54 Å². The van der Waals surface area contributed by atoms with Gasteiger partial charge < -0.3 is 9.73 Å². The maximum absolute atomic E-state index is 13.1. The highest BCUT2D eigenvalue weighted by atomic mass is 32.1. The van der Waals surface area contributed by atoms with E-state index in [4.69, 9.17) is 9.41 Å². The molecule has 2 heterocycles. The third-order valence-corrected chi connectivity index (χ3v) is 6.73. The Balaban J connectivity index is 1.49. The Morgan fingerprint density at radius 1 is 1.07 bits per heavy atom. The molecule has 4 nitrogen and oxygen atoms in total. The van der Waals surface area contributed by atoms with E-state index in [9.17, 15) is 4.79 Å². The molecule has 2 aromatic heterocycles. The molecule has 1 aliphatic rings. The Morgan fingerprint density at radius 2 is 1.93 bits per heavy atom. The summed E-state index contributed by atoms with van der Waals surface area (Å²) >= 11 is 1.66. The van der Waals surface area contributed by atoms with Crippen LogP contribution in [0.5, 0.6) is 0 Å². The molecule has 30 heavy (non-hydrogen) atoms. The maximum Gasteiger partial charge on any atom is 0.255 e. The van der Waals surface area contributed by atoms with Gasteiger partial charge in [0.15, 0.2) is 0 Å². The van der Waals surface area contributed by atoms with Gasteiger partial charge >= 0.3 is 0 Å². The molecule has 2 aromatic carbocycles. The summed E-state index contributed by atoms with van der Waals surface area (Å²) in [6.07, 6.45) is 7.78. The summed E-state index contributed by atoms with van der Waals surface area (Å²) in [7, 11) is 0. The van der Waals surface area contributed by atoms with Crippen LogP contribution in [0.3, 0.4) is 0 Å². The van der Waals surface area contributed by atoms with Gasteiger partial charge in [-0.2, -0.15) is 0 Å². The van der Waals surface area contributed by atoms with Gasteiger partial charge in [0.05, 0.1) is 18.4 Å². The van der Waals surface area contributed by atoms with Crippen molar-refractivity contribution in [2.24, 2.45) is 4.99 Å². The van der Waals surface area contributed by atoms with E-state index >= 15 is 0 Å². The Kier molecular flexibility index (Phi) is 5.20. The molecular weight excluding hydrogens is 392 g/mol. The number of nitrogens with zero attached hydrogens (tertiary/aromatic N) is 1. The van der Waals surface area contributed by atoms with E-state index < -0.39 is 0 Å². The first-order valence-corrected chi connectivity index (χ1v) is 11.1. The van der Waals surface area contributed by atoms with E-state index in [0.717, 1.165) is 46.5 Å². The minimum Gasteiger partial charge on any atom is -0.467 e. The van der Waals surface area contributed by atoms with Crippen LogP contribution >= 0.6 is 11.3 Å². The minimum absolute atomic E-state index is 0.0733. The van der Waals surface area contributed by atoms with Crippen molar-refractivity contribution in [2.45, 2.75) is 32.2 Å². The molecule has 0 unspecified atom stereocenters. The summed E-state index contributed by atoms with van der Waals surface area (Å²) < 4.78 is 5.35. The molecule has 0 saturated carbocycles. The molecule has 0 bridgehead atoms. The van der Waals surface area contributed by atoms with Gasteiger partial charge in [-0.05, 0) is 54.2 Å². The highest BCUT2D eigenvalue weighted by Crippen LogP contribution is 2.40. The maximum atomic E-state index is 13.1. The molecular formula is C25H22N2O2S. The van der Waals surface area contributed by atoms with Crippen molar-refractivity contribution in [3.63, 3.8) is 0 Å². The lowest BCUT2D eigenvalue weighted by Crippen LogP contribution is -2.23. The average Bonchev–Trinajstić information content (AvgIpc) is 3.43. The summed E-state index contributed by atoms with van der Waals surface area (Å²) in [5, 5.41) is 6.15. The van der Waals surface area contributed by atoms with E-state index in [-0.39, 0.29) is 5.91 Å². The molecule has 5 rings (SSSR count). The molecule has 0 atom stereocenters. The quantitative estimate of drug-likeness (QED) is 0.404. The fourth-order valence-corrected chi connectivity index (χ4v) is 5.27. The van der Waals surface area contributed by atoms with E-state index in [2.05, 4.69) is 29.6 Å². The lowest BCUT2D eigenvalue weighted by molar-refractivity contribution is 0.0948. The SMILES string of the molecule is O=C(NCc1ccco1)c1c(N=Cc2cccc3ccccc23)sc2c1CCCC2. The van der Waals surface area contributed by atoms with Crippen LogP contribution in [0.15, 0.2) is 70.3 Å². The summed E-state index contributed by atoms with van der Waals surface area (Å²) in [6.45, 7) is 0.378. The number of rotatable bonds is 5. The second-order valence-corrected chi connectivity index (χ2v) is 8.56. The largest absolute Gasteiger partial charge is 0.467 e. The smallest absolute Gasteiger partial charge is 0.255 e. The Bertz CT molecular complexity index is 1220. The van der Waals surface area contributed by atoms with Crippen LogP contribution in [0.25, 0.3) is 10.8 Å². The Labute approximate surface area is 179 Å². The van der Waals surface area contributed by atoms with Crippen LogP contribution in [-0.2, 0) is 19.4 Å². The first-order valence-electron chi connectivity index (χ1n) is 10.3. The first kappa shape index (κ1) is 18.8. The number of hydrogen-bond acceptors (Lipinski definition) is 4. The fraction of sp³-hybridized carbons (Fsp3) is 0.200. The van der Waals surface area contributed by atoms with Crippen LogP contribution in [0, 0.1) is 0 Å². The number of aliphatic imine (C=N–C) groups is 1. The van der Waals surface area contributed by atoms with Gasteiger partial charge in [-0.25, -0.2) is 4.99 Å². The zero-order chi connectivity index (χ0) is 20.3. The number of benzene rings is 2. The predicted molar refractivity (Wildman–Crippen MR) is 122 cm³/mol. The van der Waals surface area contributed by atoms with Crippen molar-refractivity contribution in [1.82, 2.24) is 5.32 Å². The summed E-state index contributed by atoms with van der Waals surface area (Å²) in [5.41, 5.74) is 2.97. The predicted octanol–water partition coefficient (Wildman–Crippen LogP) is 6.05. The lowest BCUT2D eigenvalue weighted by atomic mass is 9.95. The van der Waals surface area contributed by atoms with Gasteiger partial charge in [-0.1, -0.05) is 42.5 Å². The van der Waals surface area contributed by atoms with Crippen LogP contribution in [-0.4, -0.2) is 12.1 Å². The van der Waals surface area contributed by atoms with Gasteiger partial charge in [0.25, 0.3) is 5.91 Å². The molecule has 1 N–H and O–H groups in total. The number of carbonyl (C=O) groups excluding carboxylic acids is 1.